The van der Waals surface area contributed by atoms with Crippen LogP contribution in [0.5, 0.6) is 0 Å². The molecule has 9 heteroatoms. The van der Waals surface area contributed by atoms with E-state index in [2.05, 4.69) is 15.1 Å². The second kappa shape index (κ2) is 5.85. The monoisotopic (exact) mass is 283 g/mol. The lowest BCUT2D eigenvalue weighted by atomic mass is 10.4. The number of nitrogens with zero attached hydrogens (tertiary/aromatic N) is 5. The Balaban J connectivity index is 2.04. The highest BCUT2D eigenvalue weighted by molar-refractivity contribution is 7.09. The van der Waals surface area contributed by atoms with Crippen LogP contribution in [-0.2, 0) is 11.3 Å². The van der Waals surface area contributed by atoms with Gasteiger partial charge in [0.25, 0.3) is 0 Å². The Bertz CT molecular complexity index is 567. The van der Waals surface area contributed by atoms with Crippen LogP contribution in [0.2, 0.25) is 0 Å². The molecule has 2 heterocycles. The summed E-state index contributed by atoms with van der Waals surface area (Å²) in [7, 11) is 0. The molecule has 0 N–H and O–H groups in total. The molecule has 0 unspecified atom stereocenters. The largest absolute Gasteiger partial charge is 0.490 e. The summed E-state index contributed by atoms with van der Waals surface area (Å²) in [5, 5.41) is 17.0. The number of hydrogen-bond acceptors (Lipinski definition) is 7. The first-order valence-electron chi connectivity index (χ1n) is 5.70. The molecule has 0 aromatic carbocycles. The molecule has 0 spiro atoms. The van der Waals surface area contributed by atoms with Gasteiger partial charge in [-0.1, -0.05) is 4.98 Å². The van der Waals surface area contributed by atoms with E-state index >= 15 is 0 Å². The minimum atomic E-state index is -0.625. The highest BCUT2D eigenvalue weighted by Gasteiger charge is 2.15. The van der Waals surface area contributed by atoms with Crippen molar-refractivity contribution >= 4 is 17.3 Å². The maximum atomic E-state index is 10.5. The van der Waals surface area contributed by atoms with E-state index in [9.17, 15) is 10.1 Å². The maximum Gasteiger partial charge on any atom is 0.490 e. The summed E-state index contributed by atoms with van der Waals surface area (Å²) in [6, 6.07) is 0. The lowest BCUT2D eigenvalue weighted by Crippen LogP contribution is -2.03. The van der Waals surface area contributed by atoms with Crippen molar-refractivity contribution in [2.45, 2.75) is 26.5 Å². The zero-order valence-corrected chi connectivity index (χ0v) is 11.3. The van der Waals surface area contributed by atoms with Gasteiger partial charge in [-0.05, 0) is 18.8 Å². The summed E-state index contributed by atoms with van der Waals surface area (Å²) in [6.45, 7) is 4.85. The van der Waals surface area contributed by atoms with Gasteiger partial charge in [-0.3, -0.25) is 0 Å². The summed E-state index contributed by atoms with van der Waals surface area (Å²) < 4.78 is 6.84. The average molecular weight is 283 g/mol. The first-order chi connectivity index (χ1) is 9.10. The quantitative estimate of drug-likeness (QED) is 0.592. The maximum absolute atomic E-state index is 10.5. The fourth-order valence-corrected chi connectivity index (χ4v) is 2.33. The van der Waals surface area contributed by atoms with Gasteiger partial charge in [0.1, 0.15) is 17.7 Å². The van der Waals surface area contributed by atoms with Crippen molar-refractivity contribution in [3.8, 4) is 0 Å². The Hall–Kier alpha value is -1.87. The Labute approximate surface area is 113 Å². The van der Waals surface area contributed by atoms with Gasteiger partial charge in [0.05, 0.1) is 5.69 Å². The van der Waals surface area contributed by atoms with Crippen LogP contribution in [0.15, 0.2) is 11.7 Å². The first kappa shape index (κ1) is 13.6. The number of nitro groups is 1. The minimum Gasteiger partial charge on any atom is -0.390 e. The van der Waals surface area contributed by atoms with Crippen molar-refractivity contribution in [3.05, 3.63) is 32.5 Å². The van der Waals surface area contributed by atoms with Gasteiger partial charge in [-0.15, -0.1) is 11.3 Å². The van der Waals surface area contributed by atoms with Gasteiger partial charge in [0.2, 0.25) is 6.33 Å². The summed E-state index contributed by atoms with van der Waals surface area (Å²) in [5.41, 5.74) is 0.784. The molecule has 8 nitrogen and oxygen atoms in total. The molecule has 102 valence electrons. The summed E-state index contributed by atoms with van der Waals surface area (Å²) in [5.74, 6) is -0.405. The normalized spacial score (nSPS) is 12.5. The standard InChI is InChI=1S/C10H13N5O3S/c1-3-18-7(2)9-12-8(5-19-9)4-14-6-11-10(13-14)15(16)17/h5-7H,3-4H2,1-2H3/t7-/m0/s1. The molecule has 0 aliphatic carbocycles. The third-order valence-electron chi connectivity index (χ3n) is 2.35. The van der Waals surface area contributed by atoms with Crippen LogP contribution >= 0.6 is 11.3 Å². The van der Waals surface area contributed by atoms with Gasteiger partial charge in [-0.2, -0.15) is 4.68 Å². The summed E-state index contributed by atoms with van der Waals surface area (Å²) in [4.78, 5) is 17.8. The number of thiazole rings is 1. The molecule has 0 aliphatic rings. The SMILES string of the molecule is CCO[C@@H](C)c1nc(Cn2cnc([N+](=O)[O-])n2)cs1. The summed E-state index contributed by atoms with van der Waals surface area (Å²) >= 11 is 1.50. The van der Waals surface area contributed by atoms with Crippen LogP contribution < -0.4 is 0 Å². The van der Waals surface area contributed by atoms with Crippen molar-refractivity contribution in [2.24, 2.45) is 0 Å². The minimum absolute atomic E-state index is 0.0474. The van der Waals surface area contributed by atoms with Crippen LogP contribution in [0.4, 0.5) is 5.95 Å². The van der Waals surface area contributed by atoms with Crippen LogP contribution in [0, 0.1) is 10.1 Å². The predicted octanol–water partition coefficient (Wildman–Crippen LogP) is 1.79. The Morgan fingerprint density at radius 1 is 1.63 bits per heavy atom. The van der Waals surface area contributed by atoms with Crippen molar-refractivity contribution in [3.63, 3.8) is 0 Å². The number of rotatable bonds is 6. The molecular weight excluding hydrogens is 270 g/mol. The lowest BCUT2D eigenvalue weighted by molar-refractivity contribution is -0.394. The number of hydrogen-bond donors (Lipinski definition) is 0. The van der Waals surface area contributed by atoms with Gasteiger partial charge >= 0.3 is 5.95 Å². The Morgan fingerprint density at radius 3 is 3.05 bits per heavy atom. The zero-order valence-electron chi connectivity index (χ0n) is 10.5. The van der Waals surface area contributed by atoms with Crippen molar-refractivity contribution in [1.82, 2.24) is 19.7 Å². The Morgan fingerprint density at radius 2 is 2.42 bits per heavy atom. The van der Waals surface area contributed by atoms with E-state index in [0.717, 1.165) is 10.7 Å². The second-order valence-electron chi connectivity index (χ2n) is 3.77. The molecule has 1 atom stereocenters. The molecule has 0 fully saturated rings. The van der Waals surface area contributed by atoms with Gasteiger partial charge in [0, 0.05) is 17.1 Å². The Kier molecular flexibility index (Phi) is 4.17. The van der Waals surface area contributed by atoms with E-state index in [4.69, 9.17) is 4.74 Å². The van der Waals surface area contributed by atoms with Crippen LogP contribution in [0.25, 0.3) is 0 Å². The number of aromatic nitrogens is 4. The molecule has 0 saturated carbocycles. The number of ether oxygens (including phenoxy) is 1. The fourth-order valence-electron chi connectivity index (χ4n) is 1.51. The molecule has 0 amide bonds. The average Bonchev–Trinajstić information content (AvgIpc) is 2.99. The van der Waals surface area contributed by atoms with Crippen molar-refractivity contribution in [1.29, 1.82) is 0 Å². The van der Waals surface area contributed by atoms with Crippen LogP contribution in [0.1, 0.15) is 30.7 Å². The molecule has 0 aliphatic heterocycles. The third-order valence-corrected chi connectivity index (χ3v) is 3.40. The van der Waals surface area contributed by atoms with E-state index in [1.54, 1.807) is 0 Å². The van der Waals surface area contributed by atoms with Crippen molar-refractivity contribution in [2.75, 3.05) is 6.61 Å². The molecule has 2 aromatic rings. The first-order valence-corrected chi connectivity index (χ1v) is 6.58. The molecular formula is C10H13N5O3S. The zero-order chi connectivity index (χ0) is 13.8. The third kappa shape index (κ3) is 3.32. The molecule has 2 rings (SSSR count). The lowest BCUT2D eigenvalue weighted by Gasteiger charge is -2.06. The van der Waals surface area contributed by atoms with E-state index in [0.29, 0.717) is 13.2 Å². The van der Waals surface area contributed by atoms with E-state index in [-0.39, 0.29) is 6.10 Å². The smallest absolute Gasteiger partial charge is 0.390 e. The van der Waals surface area contributed by atoms with E-state index in [1.807, 2.05) is 19.2 Å². The van der Waals surface area contributed by atoms with Crippen LogP contribution in [-0.4, -0.2) is 31.3 Å². The van der Waals surface area contributed by atoms with Gasteiger partial charge < -0.3 is 14.9 Å². The predicted molar refractivity (Wildman–Crippen MR) is 67.9 cm³/mol. The van der Waals surface area contributed by atoms with Crippen LogP contribution in [0.3, 0.4) is 0 Å². The highest BCUT2D eigenvalue weighted by Crippen LogP contribution is 2.21. The highest BCUT2D eigenvalue weighted by atomic mass is 32.1. The topological polar surface area (TPSA) is 96.0 Å². The van der Waals surface area contributed by atoms with Crippen molar-refractivity contribution < 1.29 is 9.66 Å². The fraction of sp³-hybridized carbons (Fsp3) is 0.500. The van der Waals surface area contributed by atoms with Gasteiger partial charge in [-0.25, -0.2) is 4.98 Å². The molecule has 0 saturated heterocycles. The van der Waals surface area contributed by atoms with Gasteiger partial charge in [0.15, 0.2) is 0 Å². The molecule has 0 bridgehead atoms. The molecule has 0 radical (unpaired) electrons. The second-order valence-corrected chi connectivity index (χ2v) is 4.66. The molecule has 2 aromatic heterocycles. The summed E-state index contributed by atoms with van der Waals surface area (Å²) in [6.07, 6.45) is 1.28. The van der Waals surface area contributed by atoms with E-state index < -0.39 is 10.9 Å². The van der Waals surface area contributed by atoms with E-state index in [1.165, 1.54) is 22.3 Å². The molecule has 19 heavy (non-hydrogen) atoms.